The van der Waals surface area contributed by atoms with Crippen molar-refractivity contribution < 1.29 is 18.8 Å². The van der Waals surface area contributed by atoms with Crippen molar-refractivity contribution >= 4 is 11.7 Å². The van der Waals surface area contributed by atoms with E-state index in [1.807, 2.05) is 6.92 Å². The minimum Gasteiger partial charge on any atom is -0.466 e. The minimum absolute atomic E-state index is 0.154. The van der Waals surface area contributed by atoms with Crippen molar-refractivity contribution in [2.24, 2.45) is 10.6 Å². The molecule has 2 atom stereocenters. The van der Waals surface area contributed by atoms with Crippen molar-refractivity contribution in [3.63, 3.8) is 0 Å². The van der Waals surface area contributed by atoms with Gasteiger partial charge < -0.3 is 9.57 Å². The van der Waals surface area contributed by atoms with E-state index in [2.05, 4.69) is 23.9 Å². The van der Waals surface area contributed by atoms with Gasteiger partial charge in [0.05, 0.1) is 17.7 Å². The Balaban J connectivity index is 1.74. The second-order valence-electron chi connectivity index (χ2n) is 7.82. The number of hydrogen-bond acceptors (Lipinski definition) is 5. The first-order chi connectivity index (χ1) is 12.9. The first-order valence-electron chi connectivity index (χ1n) is 9.84. The molecule has 0 unspecified atom stereocenters. The van der Waals surface area contributed by atoms with Gasteiger partial charge in [-0.05, 0) is 46.2 Å². The van der Waals surface area contributed by atoms with Gasteiger partial charge in [-0.1, -0.05) is 23.4 Å². The van der Waals surface area contributed by atoms with Crippen LogP contribution in [-0.2, 0) is 14.4 Å². The molecule has 2 aliphatic rings. The third-order valence-electron chi connectivity index (χ3n) is 5.58. The Morgan fingerprint density at radius 2 is 2.22 bits per heavy atom. The average Bonchev–Trinajstić information content (AvgIpc) is 3.10. The van der Waals surface area contributed by atoms with Crippen LogP contribution in [0.4, 0.5) is 4.39 Å². The van der Waals surface area contributed by atoms with E-state index in [0.717, 1.165) is 19.4 Å². The molecule has 1 fully saturated rings. The normalized spacial score (nSPS) is 26.0. The van der Waals surface area contributed by atoms with Gasteiger partial charge in [-0.2, -0.15) is 0 Å². The topological polar surface area (TPSA) is 51.1 Å². The summed E-state index contributed by atoms with van der Waals surface area (Å²) < 4.78 is 19.5. The Morgan fingerprint density at radius 1 is 1.44 bits per heavy atom. The number of oxime groups is 1. The van der Waals surface area contributed by atoms with Crippen LogP contribution in [-0.4, -0.2) is 48.4 Å². The molecular weight excluding hydrogens is 347 g/mol. The highest BCUT2D eigenvalue weighted by molar-refractivity contribution is 6.01. The lowest BCUT2D eigenvalue weighted by Gasteiger charge is -2.43. The molecule has 5 nitrogen and oxygen atoms in total. The van der Waals surface area contributed by atoms with Crippen LogP contribution in [0.3, 0.4) is 0 Å². The summed E-state index contributed by atoms with van der Waals surface area (Å²) in [5.74, 6) is -0.456. The fraction of sp³-hybridized carbons (Fsp3) is 0.619. The number of ether oxygens (including phenoxy) is 1. The number of likely N-dealkylation sites (tertiary alicyclic amines) is 1. The molecule has 0 radical (unpaired) electrons. The Morgan fingerprint density at radius 3 is 2.93 bits per heavy atom. The van der Waals surface area contributed by atoms with E-state index in [4.69, 9.17) is 9.57 Å². The molecule has 27 heavy (non-hydrogen) atoms. The third kappa shape index (κ3) is 4.32. The van der Waals surface area contributed by atoms with Crippen molar-refractivity contribution in [3.8, 4) is 0 Å². The summed E-state index contributed by atoms with van der Waals surface area (Å²) in [6.45, 7) is 8.14. The van der Waals surface area contributed by atoms with E-state index in [1.54, 1.807) is 18.2 Å². The average molecular weight is 376 g/mol. The third-order valence-corrected chi connectivity index (χ3v) is 5.58. The lowest BCUT2D eigenvalue weighted by Crippen LogP contribution is -2.52. The van der Waals surface area contributed by atoms with Crippen LogP contribution in [0.15, 0.2) is 29.4 Å². The number of halogens is 1. The molecule has 3 rings (SSSR count). The van der Waals surface area contributed by atoms with Crippen molar-refractivity contribution in [2.75, 3.05) is 19.7 Å². The highest BCUT2D eigenvalue weighted by Crippen LogP contribution is 2.39. The maximum Gasteiger partial charge on any atom is 0.313 e. The van der Waals surface area contributed by atoms with Gasteiger partial charge in [-0.15, -0.1) is 0 Å². The number of carbonyl (C=O) groups excluding carboxylic acids is 1. The quantitative estimate of drug-likeness (QED) is 0.710. The summed E-state index contributed by atoms with van der Waals surface area (Å²) in [6.07, 6.45) is 2.53. The number of esters is 1. The van der Waals surface area contributed by atoms with E-state index in [-0.39, 0.29) is 17.9 Å². The second-order valence-corrected chi connectivity index (χ2v) is 7.82. The Hall–Kier alpha value is -1.95. The molecule has 1 aromatic carbocycles. The minimum atomic E-state index is -0.594. The first kappa shape index (κ1) is 19.8. The molecule has 0 N–H and O–H groups in total. The monoisotopic (exact) mass is 376 g/mol. The van der Waals surface area contributed by atoms with Crippen LogP contribution in [0.1, 0.15) is 52.0 Å². The van der Waals surface area contributed by atoms with Crippen molar-refractivity contribution in [1.82, 2.24) is 4.90 Å². The van der Waals surface area contributed by atoms with Gasteiger partial charge >= 0.3 is 5.97 Å². The summed E-state index contributed by atoms with van der Waals surface area (Å²) in [5, 5.41) is 4.12. The van der Waals surface area contributed by atoms with Crippen LogP contribution in [0.25, 0.3) is 0 Å². The van der Waals surface area contributed by atoms with Gasteiger partial charge in [-0.25, -0.2) is 4.39 Å². The van der Waals surface area contributed by atoms with E-state index < -0.39 is 5.41 Å². The van der Waals surface area contributed by atoms with Crippen molar-refractivity contribution in [2.45, 2.75) is 58.6 Å². The number of piperidine rings is 1. The van der Waals surface area contributed by atoms with Gasteiger partial charge in [0.15, 0.2) is 0 Å². The zero-order chi connectivity index (χ0) is 19.4. The summed E-state index contributed by atoms with van der Waals surface area (Å²) in [4.78, 5) is 20.8. The number of rotatable bonds is 6. The van der Waals surface area contributed by atoms with Gasteiger partial charge in [0.25, 0.3) is 0 Å². The molecule has 1 aromatic rings. The lowest BCUT2D eigenvalue weighted by atomic mass is 9.74. The predicted octanol–water partition coefficient (Wildman–Crippen LogP) is 3.76. The van der Waals surface area contributed by atoms with Crippen molar-refractivity contribution in [3.05, 3.63) is 35.6 Å². The van der Waals surface area contributed by atoms with Gasteiger partial charge in [0, 0.05) is 31.0 Å². The molecule has 0 saturated carbocycles. The summed E-state index contributed by atoms with van der Waals surface area (Å²) in [7, 11) is 0. The van der Waals surface area contributed by atoms with Gasteiger partial charge in [0.2, 0.25) is 0 Å². The molecular formula is C21H29FN2O3. The Bertz CT molecular complexity index is 706. The molecule has 2 aliphatic heterocycles. The Labute approximate surface area is 160 Å². The number of hydrogen-bond donors (Lipinski definition) is 0. The fourth-order valence-electron chi connectivity index (χ4n) is 4.14. The van der Waals surface area contributed by atoms with Crippen LogP contribution in [0.2, 0.25) is 0 Å². The number of nitrogens with zero attached hydrogens (tertiary/aromatic N) is 2. The van der Waals surface area contributed by atoms with E-state index in [9.17, 15) is 9.18 Å². The number of carbonyl (C=O) groups is 1. The SMILES string of the molecule is CCOC(=O)[C@]1(C[C@H]2CC(c3ccccc3F)=NO2)CCCN(C(C)C)C1. The summed E-state index contributed by atoms with van der Waals surface area (Å²) in [5.41, 5.74) is 0.481. The molecule has 0 spiro atoms. The standard InChI is InChI=1S/C21H29FN2O3/c1-4-26-20(25)21(10-7-11-24(14-21)15(2)3)13-16-12-19(23-27-16)17-8-5-6-9-18(17)22/h5-6,8-9,15-16H,4,7,10-14H2,1-3H3/t16-,21+/m1/s1. The number of benzene rings is 1. The largest absolute Gasteiger partial charge is 0.466 e. The van der Waals surface area contributed by atoms with Gasteiger partial charge in [0.1, 0.15) is 11.9 Å². The smallest absolute Gasteiger partial charge is 0.313 e. The molecule has 1 saturated heterocycles. The first-order valence-corrected chi connectivity index (χ1v) is 9.84. The van der Waals surface area contributed by atoms with E-state index in [1.165, 1.54) is 6.07 Å². The molecule has 0 aliphatic carbocycles. The van der Waals surface area contributed by atoms with E-state index in [0.29, 0.717) is 43.3 Å². The summed E-state index contributed by atoms with van der Waals surface area (Å²) in [6, 6.07) is 6.95. The second kappa shape index (κ2) is 8.38. The molecule has 6 heteroatoms. The highest BCUT2D eigenvalue weighted by Gasteiger charge is 2.47. The highest BCUT2D eigenvalue weighted by atomic mass is 19.1. The predicted molar refractivity (Wildman–Crippen MR) is 102 cm³/mol. The molecule has 0 amide bonds. The zero-order valence-corrected chi connectivity index (χ0v) is 16.4. The van der Waals surface area contributed by atoms with Gasteiger partial charge in [-0.3, -0.25) is 9.69 Å². The lowest BCUT2D eigenvalue weighted by molar-refractivity contribution is -0.162. The fourth-order valence-corrected chi connectivity index (χ4v) is 4.14. The Kier molecular flexibility index (Phi) is 6.15. The molecule has 0 aromatic heterocycles. The molecule has 148 valence electrons. The van der Waals surface area contributed by atoms with Crippen LogP contribution in [0.5, 0.6) is 0 Å². The maximum atomic E-state index is 14.1. The summed E-state index contributed by atoms with van der Waals surface area (Å²) >= 11 is 0. The molecule has 2 heterocycles. The van der Waals surface area contributed by atoms with Crippen LogP contribution < -0.4 is 0 Å². The van der Waals surface area contributed by atoms with E-state index >= 15 is 0 Å². The van der Waals surface area contributed by atoms with Crippen molar-refractivity contribution in [1.29, 1.82) is 0 Å². The van der Waals surface area contributed by atoms with Crippen LogP contribution >= 0.6 is 0 Å². The zero-order valence-electron chi connectivity index (χ0n) is 16.4. The van der Waals surface area contributed by atoms with Crippen LogP contribution in [0, 0.1) is 11.2 Å². The maximum absolute atomic E-state index is 14.1. The molecule has 0 bridgehead atoms.